The van der Waals surface area contributed by atoms with Crippen LogP contribution in [0.1, 0.15) is 54.1 Å². The van der Waals surface area contributed by atoms with Gasteiger partial charge in [0.2, 0.25) is 0 Å². The summed E-state index contributed by atoms with van der Waals surface area (Å²) in [5.41, 5.74) is 1.40. The zero-order valence-corrected chi connectivity index (χ0v) is 14.8. The molecule has 1 heterocycles. The fourth-order valence-electron chi connectivity index (χ4n) is 2.22. The Kier molecular flexibility index (Phi) is 5.56. The quantitative estimate of drug-likeness (QED) is 0.833. The molecule has 0 spiro atoms. The van der Waals surface area contributed by atoms with E-state index in [0.29, 0.717) is 22.7 Å². The summed E-state index contributed by atoms with van der Waals surface area (Å²) in [6.07, 6.45) is -1.06. The normalized spacial score (nSPS) is 12.1. The van der Waals surface area contributed by atoms with E-state index in [2.05, 4.69) is 10.5 Å². The minimum Gasteiger partial charge on any atom is -0.449 e. The van der Waals surface area contributed by atoms with E-state index in [1.165, 1.54) is 13.0 Å². The van der Waals surface area contributed by atoms with Crippen LogP contribution >= 0.6 is 0 Å². The van der Waals surface area contributed by atoms with Crippen molar-refractivity contribution in [1.29, 1.82) is 0 Å². The Bertz CT molecular complexity index is 798. The van der Waals surface area contributed by atoms with Gasteiger partial charge in [0.05, 0.1) is 5.69 Å². The number of halogens is 1. The lowest BCUT2D eigenvalue weighted by atomic mass is 10.1. The fourth-order valence-corrected chi connectivity index (χ4v) is 2.22. The molecule has 1 aromatic heterocycles. The molecule has 0 bridgehead atoms. The Balaban J connectivity index is 2.07. The first-order chi connectivity index (χ1) is 11.7. The second kappa shape index (κ2) is 7.46. The van der Waals surface area contributed by atoms with E-state index >= 15 is 0 Å². The highest BCUT2D eigenvalue weighted by Crippen LogP contribution is 2.23. The molecule has 1 aromatic carbocycles. The molecule has 25 heavy (non-hydrogen) atoms. The molecule has 134 valence electrons. The van der Waals surface area contributed by atoms with Crippen LogP contribution in [0, 0.1) is 19.7 Å². The van der Waals surface area contributed by atoms with Gasteiger partial charge >= 0.3 is 5.97 Å². The molecule has 0 unspecified atom stereocenters. The first kappa shape index (κ1) is 18.6. The zero-order chi connectivity index (χ0) is 18.7. The van der Waals surface area contributed by atoms with Crippen LogP contribution < -0.4 is 5.32 Å². The predicted molar refractivity (Wildman–Crippen MR) is 90.0 cm³/mol. The molecule has 7 heteroatoms. The number of aryl methyl sites for hydroxylation is 2. The summed E-state index contributed by atoms with van der Waals surface area (Å²) in [6.45, 7) is 8.41. The second-order valence-electron chi connectivity index (χ2n) is 6.16. The molecule has 0 radical (unpaired) electrons. The summed E-state index contributed by atoms with van der Waals surface area (Å²) in [5.74, 6) is -1.31. The average Bonchev–Trinajstić information content (AvgIpc) is 2.92. The predicted octanol–water partition coefficient (Wildman–Crippen LogP) is 3.74. The number of hydrogen-bond donors (Lipinski definition) is 1. The standard InChI is InChI=1S/C18H21FN2O4/c1-9(2)16-15(11(4)21-25-16)18(23)24-12(5)17(22)20-13-7-6-10(3)14(19)8-13/h6-9,12H,1-5H3,(H,20,22)/t12-/m1/s1. The first-order valence-electron chi connectivity index (χ1n) is 7.94. The topological polar surface area (TPSA) is 81.4 Å². The van der Waals surface area contributed by atoms with Crippen molar-refractivity contribution < 1.29 is 23.2 Å². The van der Waals surface area contributed by atoms with E-state index in [-0.39, 0.29) is 11.5 Å². The minimum atomic E-state index is -1.06. The lowest BCUT2D eigenvalue weighted by Crippen LogP contribution is -2.30. The number of rotatable bonds is 5. The van der Waals surface area contributed by atoms with E-state index in [9.17, 15) is 14.0 Å². The number of carbonyl (C=O) groups is 2. The molecular weight excluding hydrogens is 327 g/mol. The highest BCUT2D eigenvalue weighted by Gasteiger charge is 2.27. The maximum Gasteiger partial charge on any atom is 0.344 e. The van der Waals surface area contributed by atoms with E-state index in [0.717, 1.165) is 0 Å². The Morgan fingerprint density at radius 2 is 1.92 bits per heavy atom. The van der Waals surface area contributed by atoms with Crippen molar-refractivity contribution in [3.63, 3.8) is 0 Å². The highest BCUT2D eigenvalue weighted by molar-refractivity contribution is 5.98. The number of nitrogens with one attached hydrogen (secondary N) is 1. The molecule has 6 nitrogen and oxygen atoms in total. The van der Waals surface area contributed by atoms with Crippen molar-refractivity contribution in [2.75, 3.05) is 5.32 Å². The van der Waals surface area contributed by atoms with Crippen LogP contribution in [0.15, 0.2) is 22.7 Å². The number of nitrogens with zero attached hydrogens (tertiary/aromatic N) is 1. The number of esters is 1. The molecule has 2 aromatic rings. The van der Waals surface area contributed by atoms with Crippen LogP contribution in [0.4, 0.5) is 10.1 Å². The number of benzene rings is 1. The van der Waals surface area contributed by atoms with Gasteiger partial charge in [0.1, 0.15) is 11.4 Å². The van der Waals surface area contributed by atoms with Crippen molar-refractivity contribution >= 4 is 17.6 Å². The third-order valence-corrected chi connectivity index (χ3v) is 3.71. The van der Waals surface area contributed by atoms with Gasteiger partial charge in [-0.15, -0.1) is 0 Å². The third-order valence-electron chi connectivity index (χ3n) is 3.71. The number of amides is 1. The van der Waals surface area contributed by atoms with Gasteiger partial charge in [-0.2, -0.15) is 0 Å². The minimum absolute atomic E-state index is 0.0524. The fraction of sp³-hybridized carbons (Fsp3) is 0.389. The van der Waals surface area contributed by atoms with Crippen LogP contribution in [0.3, 0.4) is 0 Å². The molecule has 0 aliphatic carbocycles. The molecule has 0 saturated heterocycles. The maximum absolute atomic E-state index is 13.5. The largest absolute Gasteiger partial charge is 0.449 e. The number of aromatic nitrogens is 1. The maximum atomic E-state index is 13.5. The van der Waals surface area contributed by atoms with E-state index in [4.69, 9.17) is 9.26 Å². The van der Waals surface area contributed by atoms with Crippen LogP contribution in [0.25, 0.3) is 0 Å². The molecule has 0 aliphatic heterocycles. The number of anilines is 1. The summed E-state index contributed by atoms with van der Waals surface area (Å²) in [5, 5.41) is 6.30. The lowest BCUT2D eigenvalue weighted by molar-refractivity contribution is -0.123. The Hall–Kier alpha value is -2.70. The van der Waals surface area contributed by atoms with Gasteiger partial charge in [-0.1, -0.05) is 25.1 Å². The van der Waals surface area contributed by atoms with E-state index < -0.39 is 23.8 Å². The van der Waals surface area contributed by atoms with Crippen molar-refractivity contribution in [3.8, 4) is 0 Å². The number of ether oxygens (including phenoxy) is 1. The molecule has 0 saturated carbocycles. The van der Waals surface area contributed by atoms with Crippen LogP contribution in [0.5, 0.6) is 0 Å². The molecule has 1 N–H and O–H groups in total. The average molecular weight is 348 g/mol. The molecule has 1 atom stereocenters. The van der Waals surface area contributed by atoms with Gasteiger partial charge in [0, 0.05) is 11.6 Å². The van der Waals surface area contributed by atoms with Crippen molar-refractivity contribution in [3.05, 3.63) is 46.6 Å². The first-order valence-corrected chi connectivity index (χ1v) is 7.94. The van der Waals surface area contributed by atoms with Gasteiger partial charge in [0.15, 0.2) is 11.9 Å². The molecule has 2 rings (SSSR count). The summed E-state index contributed by atoms with van der Waals surface area (Å²) >= 11 is 0. The summed E-state index contributed by atoms with van der Waals surface area (Å²) in [7, 11) is 0. The summed E-state index contributed by atoms with van der Waals surface area (Å²) < 4.78 is 23.9. The number of carbonyl (C=O) groups excluding carboxylic acids is 2. The molecule has 1 amide bonds. The van der Waals surface area contributed by atoms with Gasteiger partial charge in [-0.05, 0) is 38.5 Å². The molecule has 0 aliphatic rings. The van der Waals surface area contributed by atoms with Crippen molar-refractivity contribution in [2.24, 2.45) is 0 Å². The van der Waals surface area contributed by atoms with Gasteiger partial charge in [-0.25, -0.2) is 9.18 Å². The highest BCUT2D eigenvalue weighted by atomic mass is 19.1. The van der Waals surface area contributed by atoms with Crippen molar-refractivity contribution in [2.45, 2.75) is 46.6 Å². The summed E-state index contributed by atoms with van der Waals surface area (Å²) in [6, 6.07) is 4.34. The molecular formula is C18H21FN2O4. The molecule has 0 fully saturated rings. The monoisotopic (exact) mass is 348 g/mol. The van der Waals surface area contributed by atoms with Crippen molar-refractivity contribution in [1.82, 2.24) is 5.16 Å². The van der Waals surface area contributed by atoms with Crippen LogP contribution in [-0.4, -0.2) is 23.1 Å². The Labute approximate surface area is 145 Å². The summed E-state index contributed by atoms with van der Waals surface area (Å²) in [4.78, 5) is 24.5. The van der Waals surface area contributed by atoms with E-state index in [1.54, 1.807) is 26.0 Å². The SMILES string of the molecule is Cc1ccc(NC(=O)[C@@H](C)OC(=O)c2c(C)noc2C(C)C)cc1F. The Morgan fingerprint density at radius 3 is 2.52 bits per heavy atom. The van der Waals surface area contributed by atoms with E-state index in [1.807, 2.05) is 13.8 Å². The van der Waals surface area contributed by atoms with Gasteiger partial charge in [-0.3, -0.25) is 4.79 Å². The smallest absolute Gasteiger partial charge is 0.344 e. The second-order valence-corrected chi connectivity index (χ2v) is 6.16. The van der Waals surface area contributed by atoms with Crippen LogP contribution in [0.2, 0.25) is 0 Å². The van der Waals surface area contributed by atoms with Gasteiger partial charge in [0.25, 0.3) is 5.91 Å². The zero-order valence-electron chi connectivity index (χ0n) is 14.8. The third kappa shape index (κ3) is 4.23. The van der Waals surface area contributed by atoms with Gasteiger partial charge < -0.3 is 14.6 Å². The Morgan fingerprint density at radius 1 is 1.24 bits per heavy atom. The van der Waals surface area contributed by atoms with Crippen LogP contribution in [-0.2, 0) is 9.53 Å². The number of hydrogen-bond acceptors (Lipinski definition) is 5. The lowest BCUT2D eigenvalue weighted by Gasteiger charge is -2.14.